The molecule has 0 fully saturated rings. The van der Waals surface area contributed by atoms with E-state index < -0.39 is 10.9 Å². The second-order valence-corrected chi connectivity index (χ2v) is 7.36. The van der Waals surface area contributed by atoms with Crippen molar-refractivity contribution in [2.75, 3.05) is 0 Å². The molecule has 0 radical (unpaired) electrons. The maximum atomic E-state index is 12.3. The van der Waals surface area contributed by atoms with E-state index in [0.29, 0.717) is 35.4 Å². The number of benzene rings is 1. The van der Waals surface area contributed by atoms with Gasteiger partial charge in [-0.3, -0.25) is 14.9 Å². The first-order valence-electron chi connectivity index (χ1n) is 9.68. The summed E-state index contributed by atoms with van der Waals surface area (Å²) in [5, 5.41) is 15.0. The van der Waals surface area contributed by atoms with E-state index in [1.165, 1.54) is 24.3 Å². The number of esters is 1. The van der Waals surface area contributed by atoms with Crippen molar-refractivity contribution in [2.24, 2.45) is 5.10 Å². The number of carbonyl (C=O) groups excluding carboxylic acids is 2. The molecule has 1 aliphatic carbocycles. The van der Waals surface area contributed by atoms with Gasteiger partial charge in [0.05, 0.1) is 23.2 Å². The van der Waals surface area contributed by atoms with Gasteiger partial charge in [0.25, 0.3) is 5.69 Å². The Labute approximate surface area is 173 Å². The highest BCUT2D eigenvalue weighted by Gasteiger charge is 2.29. The topological polar surface area (TPSA) is 124 Å². The molecule has 30 heavy (non-hydrogen) atoms. The predicted molar refractivity (Wildman–Crippen MR) is 108 cm³/mol. The zero-order valence-electron chi connectivity index (χ0n) is 17.1. The van der Waals surface area contributed by atoms with Gasteiger partial charge in [-0.25, -0.2) is 10.2 Å². The van der Waals surface area contributed by atoms with Crippen LogP contribution in [0.25, 0.3) is 0 Å². The third kappa shape index (κ3) is 4.73. The maximum Gasteiger partial charge on any atom is 0.374 e. The van der Waals surface area contributed by atoms with Gasteiger partial charge in [-0.15, -0.1) is 0 Å². The quantitative estimate of drug-likeness (QED) is 0.439. The Hall–Kier alpha value is -3.49. The molecule has 1 amide bonds. The molecule has 0 saturated heterocycles. The molecule has 0 atom stereocenters. The third-order valence-corrected chi connectivity index (χ3v) is 4.68. The number of nitro benzene ring substituents is 1. The lowest BCUT2D eigenvalue weighted by Crippen LogP contribution is -2.23. The molecule has 0 spiro atoms. The van der Waals surface area contributed by atoms with Crippen LogP contribution in [0.2, 0.25) is 0 Å². The fourth-order valence-electron chi connectivity index (χ4n) is 3.33. The Kier molecular flexibility index (Phi) is 6.29. The summed E-state index contributed by atoms with van der Waals surface area (Å²) in [7, 11) is 0. The zero-order chi connectivity index (χ0) is 21.8. The summed E-state index contributed by atoms with van der Waals surface area (Å²) in [6.07, 6.45) is 1.89. The number of nitrogens with zero attached hydrogens (tertiary/aromatic N) is 2. The summed E-state index contributed by atoms with van der Waals surface area (Å²) in [5.74, 6) is -0.0270. The summed E-state index contributed by atoms with van der Waals surface area (Å²) in [6, 6.07) is 5.79. The van der Waals surface area contributed by atoms with Crippen molar-refractivity contribution in [1.82, 2.24) is 5.43 Å². The fourth-order valence-corrected chi connectivity index (χ4v) is 3.33. The van der Waals surface area contributed by atoms with Gasteiger partial charge in [-0.1, -0.05) is 12.1 Å². The highest BCUT2D eigenvalue weighted by atomic mass is 16.6. The van der Waals surface area contributed by atoms with Crippen molar-refractivity contribution < 1.29 is 23.7 Å². The number of non-ortho nitro benzene ring substituents is 1. The van der Waals surface area contributed by atoms with Gasteiger partial charge in [0.1, 0.15) is 5.76 Å². The molecule has 0 saturated carbocycles. The number of hydrogen-bond donors (Lipinski definition) is 1. The van der Waals surface area contributed by atoms with E-state index in [-0.39, 0.29) is 29.9 Å². The predicted octanol–water partition coefficient (Wildman–Crippen LogP) is 3.46. The highest BCUT2D eigenvalue weighted by Crippen LogP contribution is 2.30. The molecule has 1 aromatic carbocycles. The first kappa shape index (κ1) is 21.2. The van der Waals surface area contributed by atoms with Crippen molar-refractivity contribution in [3.63, 3.8) is 0 Å². The van der Waals surface area contributed by atoms with Gasteiger partial charge in [0, 0.05) is 29.7 Å². The second kappa shape index (κ2) is 8.89. The molecule has 9 nitrogen and oxygen atoms in total. The van der Waals surface area contributed by atoms with Crippen LogP contribution in [0.3, 0.4) is 0 Å². The van der Waals surface area contributed by atoms with Crippen molar-refractivity contribution in [1.29, 1.82) is 0 Å². The fraction of sp³-hybridized carbons (Fsp3) is 0.381. The van der Waals surface area contributed by atoms with Crippen LogP contribution in [-0.2, 0) is 22.4 Å². The van der Waals surface area contributed by atoms with E-state index in [2.05, 4.69) is 10.5 Å². The number of nitrogens with one attached hydrogen (secondary N) is 1. The molecule has 0 unspecified atom stereocenters. The molecule has 0 bridgehead atoms. The van der Waals surface area contributed by atoms with Gasteiger partial charge in [-0.05, 0) is 39.2 Å². The van der Waals surface area contributed by atoms with Gasteiger partial charge < -0.3 is 9.15 Å². The Morgan fingerprint density at radius 1 is 1.27 bits per heavy atom. The first-order chi connectivity index (χ1) is 14.3. The molecule has 1 heterocycles. The smallest absolute Gasteiger partial charge is 0.374 e. The average Bonchev–Trinajstić information content (AvgIpc) is 3.04. The van der Waals surface area contributed by atoms with Gasteiger partial charge in [-0.2, -0.15) is 5.10 Å². The Morgan fingerprint density at radius 2 is 1.97 bits per heavy atom. The molecule has 2 aromatic rings. The standard InChI is InChI=1S/C21H23N3O6/c1-12(2)29-21(26)20-13(3)19-16(5-4-6-17(19)30-20)22-23-18(25)11-14-7-9-15(10-8-14)24(27)28/h7-10,12H,4-6,11H2,1-3H3,(H,23,25)/b22-16+. The van der Waals surface area contributed by atoms with Crippen molar-refractivity contribution in [2.45, 2.75) is 52.6 Å². The van der Waals surface area contributed by atoms with Gasteiger partial charge >= 0.3 is 5.97 Å². The monoisotopic (exact) mass is 413 g/mol. The largest absolute Gasteiger partial charge is 0.457 e. The van der Waals surface area contributed by atoms with Crippen LogP contribution in [0, 0.1) is 17.0 Å². The summed E-state index contributed by atoms with van der Waals surface area (Å²) in [6.45, 7) is 5.31. The number of fused-ring (bicyclic) bond motifs is 1. The van der Waals surface area contributed by atoms with E-state index in [9.17, 15) is 19.7 Å². The minimum Gasteiger partial charge on any atom is -0.457 e. The number of nitro groups is 1. The summed E-state index contributed by atoms with van der Waals surface area (Å²) in [5.41, 5.74) is 5.19. The maximum absolute atomic E-state index is 12.3. The van der Waals surface area contributed by atoms with E-state index in [0.717, 1.165) is 12.0 Å². The van der Waals surface area contributed by atoms with Crippen molar-refractivity contribution in [3.8, 4) is 0 Å². The molecule has 1 aliphatic rings. The number of carbonyl (C=O) groups is 2. The lowest BCUT2D eigenvalue weighted by atomic mass is 9.93. The van der Waals surface area contributed by atoms with Crippen LogP contribution >= 0.6 is 0 Å². The molecular weight excluding hydrogens is 390 g/mol. The van der Waals surface area contributed by atoms with Gasteiger partial charge in [0.15, 0.2) is 0 Å². The molecule has 1 N–H and O–H groups in total. The van der Waals surface area contributed by atoms with Crippen LogP contribution < -0.4 is 5.43 Å². The van der Waals surface area contributed by atoms with Crippen LogP contribution in [0.4, 0.5) is 5.69 Å². The minimum atomic E-state index is -0.515. The summed E-state index contributed by atoms with van der Waals surface area (Å²) in [4.78, 5) is 34.7. The summed E-state index contributed by atoms with van der Waals surface area (Å²) < 4.78 is 11.0. The van der Waals surface area contributed by atoms with E-state index in [1.54, 1.807) is 20.8 Å². The minimum absolute atomic E-state index is 0.0311. The van der Waals surface area contributed by atoms with Crippen LogP contribution in [0.5, 0.6) is 0 Å². The lowest BCUT2D eigenvalue weighted by molar-refractivity contribution is -0.384. The SMILES string of the molecule is Cc1c(C(=O)OC(C)C)oc2c1/C(=N/NC(=O)Cc1ccc([N+](=O)[O-])cc1)CCC2. The molecule has 158 valence electrons. The molecule has 0 aliphatic heterocycles. The number of rotatable bonds is 6. The number of furan rings is 1. The molecular formula is C21H23N3O6. The highest BCUT2D eigenvalue weighted by molar-refractivity contribution is 6.06. The van der Waals surface area contributed by atoms with Crippen molar-refractivity contribution >= 4 is 23.3 Å². The summed E-state index contributed by atoms with van der Waals surface area (Å²) >= 11 is 0. The number of aryl methyl sites for hydroxylation is 1. The van der Waals surface area contributed by atoms with E-state index >= 15 is 0 Å². The average molecular weight is 413 g/mol. The van der Waals surface area contributed by atoms with E-state index in [1.807, 2.05) is 0 Å². The Morgan fingerprint density at radius 3 is 2.60 bits per heavy atom. The van der Waals surface area contributed by atoms with Crippen LogP contribution in [0.1, 0.15) is 59.7 Å². The second-order valence-electron chi connectivity index (χ2n) is 7.36. The normalized spacial score (nSPS) is 14.5. The number of ether oxygens (including phenoxy) is 1. The van der Waals surface area contributed by atoms with Gasteiger partial charge in [0.2, 0.25) is 11.7 Å². The number of amides is 1. The first-order valence-corrected chi connectivity index (χ1v) is 9.68. The lowest BCUT2D eigenvalue weighted by Gasteiger charge is -2.13. The van der Waals surface area contributed by atoms with Crippen molar-refractivity contribution in [3.05, 3.63) is 62.6 Å². The van der Waals surface area contributed by atoms with E-state index in [4.69, 9.17) is 9.15 Å². The molecule has 1 aromatic heterocycles. The third-order valence-electron chi connectivity index (χ3n) is 4.68. The molecule has 9 heteroatoms. The zero-order valence-corrected chi connectivity index (χ0v) is 17.1. The van der Waals surface area contributed by atoms with Crippen LogP contribution in [-0.4, -0.2) is 28.6 Å². The number of hydrazone groups is 1. The van der Waals surface area contributed by atoms with Crippen LogP contribution in [0.15, 0.2) is 33.8 Å². The molecule has 3 rings (SSSR count). The Balaban J connectivity index is 1.73. The number of hydrogen-bond acceptors (Lipinski definition) is 7. The Bertz CT molecular complexity index is 1000.